The number of hydrogen-bond acceptors (Lipinski definition) is 4. The molecule has 0 bridgehead atoms. The highest BCUT2D eigenvalue weighted by molar-refractivity contribution is 7.89. The van der Waals surface area contributed by atoms with Gasteiger partial charge in [0.1, 0.15) is 0 Å². The van der Waals surface area contributed by atoms with Gasteiger partial charge in [-0.15, -0.1) is 0 Å². The highest BCUT2D eigenvalue weighted by Gasteiger charge is 2.34. The first-order valence-corrected chi connectivity index (χ1v) is 7.73. The van der Waals surface area contributed by atoms with Crippen LogP contribution in [0, 0.1) is 0 Å². The number of carboxylic acid groups (broad SMARTS) is 1. The molecule has 1 aromatic carbocycles. The van der Waals surface area contributed by atoms with Crippen molar-refractivity contribution < 1.29 is 18.3 Å². The summed E-state index contributed by atoms with van der Waals surface area (Å²) in [5.74, 6) is -1.35. The van der Waals surface area contributed by atoms with E-state index in [-0.39, 0.29) is 17.9 Å². The molecular formula is C12H13ClNO4S-. The van der Waals surface area contributed by atoms with Gasteiger partial charge in [0.2, 0.25) is 10.0 Å². The first-order valence-electron chi connectivity index (χ1n) is 5.91. The Bertz CT molecular complexity index is 570. The molecule has 19 heavy (non-hydrogen) atoms. The van der Waals surface area contributed by atoms with Crippen molar-refractivity contribution in [2.75, 3.05) is 6.54 Å². The SMILES string of the molecule is O=C([O-])[C@H]1CCCCN1S(=O)(=O)c1ccc(Cl)cc1. The van der Waals surface area contributed by atoms with Crippen molar-refractivity contribution in [3.63, 3.8) is 0 Å². The van der Waals surface area contributed by atoms with Crippen LogP contribution in [0.2, 0.25) is 5.02 Å². The lowest BCUT2D eigenvalue weighted by atomic mass is 10.1. The molecule has 1 fully saturated rings. The number of rotatable bonds is 3. The van der Waals surface area contributed by atoms with E-state index in [9.17, 15) is 18.3 Å². The molecular weight excluding hydrogens is 290 g/mol. The van der Waals surface area contributed by atoms with Gasteiger partial charge in [0.05, 0.1) is 16.9 Å². The van der Waals surface area contributed by atoms with Crippen LogP contribution in [0.3, 0.4) is 0 Å². The summed E-state index contributed by atoms with van der Waals surface area (Å²) < 4.78 is 25.8. The fraction of sp³-hybridized carbons (Fsp3) is 0.417. The van der Waals surface area contributed by atoms with Crippen molar-refractivity contribution in [3.05, 3.63) is 29.3 Å². The highest BCUT2D eigenvalue weighted by Crippen LogP contribution is 2.25. The number of aliphatic carboxylic acids is 1. The highest BCUT2D eigenvalue weighted by atomic mass is 35.5. The van der Waals surface area contributed by atoms with Gasteiger partial charge in [-0.3, -0.25) is 0 Å². The second-order valence-corrected chi connectivity index (χ2v) is 6.73. The Kier molecular flexibility index (Phi) is 4.13. The average molecular weight is 303 g/mol. The third kappa shape index (κ3) is 2.91. The Balaban J connectivity index is 2.37. The minimum absolute atomic E-state index is 0.0463. The van der Waals surface area contributed by atoms with E-state index in [1.165, 1.54) is 24.3 Å². The van der Waals surface area contributed by atoms with E-state index in [1.807, 2.05) is 0 Å². The van der Waals surface area contributed by atoms with E-state index in [0.29, 0.717) is 17.9 Å². The largest absolute Gasteiger partial charge is 0.548 e. The van der Waals surface area contributed by atoms with Crippen LogP contribution >= 0.6 is 11.6 Å². The van der Waals surface area contributed by atoms with Crippen molar-refractivity contribution in [2.45, 2.75) is 30.2 Å². The van der Waals surface area contributed by atoms with Gasteiger partial charge in [-0.25, -0.2) is 8.42 Å². The van der Waals surface area contributed by atoms with Gasteiger partial charge < -0.3 is 9.90 Å². The lowest BCUT2D eigenvalue weighted by Crippen LogP contribution is -2.52. The topological polar surface area (TPSA) is 77.5 Å². The molecule has 0 N–H and O–H groups in total. The molecule has 0 aromatic heterocycles. The molecule has 1 aliphatic rings. The Hall–Kier alpha value is -1.11. The van der Waals surface area contributed by atoms with E-state index in [1.54, 1.807) is 0 Å². The Morgan fingerprint density at radius 1 is 1.26 bits per heavy atom. The van der Waals surface area contributed by atoms with Gasteiger partial charge in [-0.2, -0.15) is 4.31 Å². The lowest BCUT2D eigenvalue weighted by Gasteiger charge is -2.35. The van der Waals surface area contributed by atoms with Crippen LogP contribution in [-0.2, 0) is 14.8 Å². The first-order chi connectivity index (χ1) is 8.93. The van der Waals surface area contributed by atoms with Crippen molar-refractivity contribution in [1.82, 2.24) is 4.31 Å². The summed E-state index contributed by atoms with van der Waals surface area (Å²) in [4.78, 5) is 11.1. The van der Waals surface area contributed by atoms with Crippen LogP contribution in [0.4, 0.5) is 0 Å². The van der Waals surface area contributed by atoms with Crippen molar-refractivity contribution in [3.8, 4) is 0 Å². The molecule has 2 rings (SSSR count). The summed E-state index contributed by atoms with van der Waals surface area (Å²) in [6, 6.07) is 4.59. The number of halogens is 1. The summed E-state index contributed by atoms with van der Waals surface area (Å²) in [6.07, 6.45) is 1.62. The number of benzene rings is 1. The molecule has 0 amide bonds. The summed E-state index contributed by atoms with van der Waals surface area (Å²) >= 11 is 5.71. The summed E-state index contributed by atoms with van der Waals surface area (Å²) in [6.45, 7) is 0.198. The third-order valence-corrected chi connectivity index (χ3v) is 5.32. The van der Waals surface area contributed by atoms with Crippen LogP contribution in [0.15, 0.2) is 29.2 Å². The molecule has 0 radical (unpaired) electrons. The van der Waals surface area contributed by atoms with Crippen molar-refractivity contribution >= 4 is 27.6 Å². The molecule has 0 unspecified atom stereocenters. The maximum absolute atomic E-state index is 12.4. The predicted molar refractivity (Wildman–Crippen MR) is 68.0 cm³/mol. The smallest absolute Gasteiger partial charge is 0.243 e. The molecule has 0 aliphatic carbocycles. The van der Waals surface area contributed by atoms with Gasteiger partial charge in [-0.05, 0) is 37.1 Å². The van der Waals surface area contributed by atoms with Crippen LogP contribution in [-0.4, -0.2) is 31.3 Å². The Morgan fingerprint density at radius 2 is 1.89 bits per heavy atom. The second kappa shape index (κ2) is 5.48. The van der Waals surface area contributed by atoms with Gasteiger partial charge in [-0.1, -0.05) is 18.0 Å². The molecule has 0 saturated carbocycles. The summed E-state index contributed by atoms with van der Waals surface area (Å²) in [5.41, 5.74) is 0. The monoisotopic (exact) mass is 302 g/mol. The van der Waals surface area contributed by atoms with Crippen LogP contribution < -0.4 is 5.11 Å². The third-order valence-electron chi connectivity index (χ3n) is 3.15. The fourth-order valence-corrected chi connectivity index (χ4v) is 3.94. The summed E-state index contributed by atoms with van der Waals surface area (Å²) in [7, 11) is -3.82. The molecule has 7 heteroatoms. The second-order valence-electron chi connectivity index (χ2n) is 4.40. The standard InChI is InChI=1S/C12H14ClNO4S/c13-9-4-6-10(7-5-9)19(17,18)14-8-2-1-3-11(14)12(15)16/h4-7,11H,1-3,8H2,(H,15,16)/p-1/t11-/m1/s1. The fourth-order valence-electron chi connectivity index (χ4n) is 2.17. The van der Waals surface area contributed by atoms with Gasteiger partial charge in [0, 0.05) is 11.6 Å². The molecule has 104 valence electrons. The van der Waals surface area contributed by atoms with E-state index < -0.39 is 22.0 Å². The maximum Gasteiger partial charge on any atom is 0.243 e. The Labute approximate surface area is 116 Å². The predicted octanol–water partition coefficient (Wildman–Crippen LogP) is 0.633. The number of piperidine rings is 1. The Morgan fingerprint density at radius 3 is 2.47 bits per heavy atom. The lowest BCUT2D eigenvalue weighted by molar-refractivity contribution is -0.311. The van der Waals surface area contributed by atoms with Gasteiger partial charge in [0.15, 0.2) is 0 Å². The van der Waals surface area contributed by atoms with Crippen LogP contribution in [0.5, 0.6) is 0 Å². The zero-order chi connectivity index (χ0) is 14.0. The number of nitrogens with zero attached hydrogens (tertiary/aromatic N) is 1. The average Bonchev–Trinajstić information content (AvgIpc) is 2.39. The van der Waals surface area contributed by atoms with Crippen LogP contribution in [0.1, 0.15) is 19.3 Å². The van der Waals surface area contributed by atoms with Crippen molar-refractivity contribution in [1.29, 1.82) is 0 Å². The zero-order valence-corrected chi connectivity index (χ0v) is 11.7. The molecule has 1 aliphatic heterocycles. The number of sulfonamides is 1. The zero-order valence-electron chi connectivity index (χ0n) is 10.1. The molecule has 1 aromatic rings. The minimum atomic E-state index is -3.82. The van der Waals surface area contributed by atoms with Crippen molar-refractivity contribution in [2.24, 2.45) is 0 Å². The molecule has 1 heterocycles. The van der Waals surface area contributed by atoms with Crippen LogP contribution in [0.25, 0.3) is 0 Å². The molecule has 0 spiro atoms. The number of carboxylic acids is 1. The van der Waals surface area contributed by atoms with E-state index >= 15 is 0 Å². The quantitative estimate of drug-likeness (QED) is 0.820. The number of hydrogen-bond donors (Lipinski definition) is 0. The van der Waals surface area contributed by atoms with Gasteiger partial charge in [0.25, 0.3) is 0 Å². The first kappa shape index (κ1) is 14.3. The van der Waals surface area contributed by atoms with E-state index in [0.717, 1.165) is 4.31 Å². The summed E-state index contributed by atoms with van der Waals surface area (Å²) in [5, 5.41) is 11.5. The van der Waals surface area contributed by atoms with E-state index in [2.05, 4.69) is 0 Å². The minimum Gasteiger partial charge on any atom is -0.548 e. The van der Waals surface area contributed by atoms with Gasteiger partial charge >= 0.3 is 0 Å². The normalized spacial score (nSPS) is 21.2. The molecule has 1 atom stereocenters. The molecule has 1 saturated heterocycles. The maximum atomic E-state index is 12.4. The van der Waals surface area contributed by atoms with E-state index in [4.69, 9.17) is 11.6 Å². The number of carbonyl (C=O) groups is 1. The molecule has 5 nitrogen and oxygen atoms in total. The number of carbonyl (C=O) groups excluding carboxylic acids is 1.